The summed E-state index contributed by atoms with van der Waals surface area (Å²) in [5, 5.41) is 0. The number of benzene rings is 1. The van der Waals surface area contributed by atoms with Crippen molar-refractivity contribution >= 4 is 34.5 Å². The largest absolute Gasteiger partial charge is 0.485 e. The molecule has 0 amide bonds. The molecular weight excluding hydrogens is 335 g/mol. The number of ether oxygens (including phenoxy) is 3. The Morgan fingerprint density at radius 1 is 1.41 bits per heavy atom. The van der Waals surface area contributed by atoms with Crippen molar-refractivity contribution < 1.29 is 19.0 Å². The number of fused-ring (bicyclic) bond motifs is 1. The lowest BCUT2D eigenvalue weighted by atomic mass is 10.2. The fourth-order valence-corrected chi connectivity index (χ4v) is 2.07. The summed E-state index contributed by atoms with van der Waals surface area (Å²) in [4.78, 5) is 11.2. The van der Waals surface area contributed by atoms with Gasteiger partial charge in [0.05, 0.1) is 3.57 Å². The van der Waals surface area contributed by atoms with Gasteiger partial charge in [0.15, 0.2) is 19.2 Å². The lowest BCUT2D eigenvalue weighted by Crippen LogP contribution is -2.07. The van der Waals surface area contributed by atoms with Crippen LogP contribution in [0.5, 0.6) is 11.5 Å². The number of carbonyl (C=O) groups is 1. The first-order valence-electron chi connectivity index (χ1n) is 4.99. The van der Waals surface area contributed by atoms with Gasteiger partial charge in [0, 0.05) is 18.7 Å². The molecule has 1 aliphatic heterocycles. The number of hydrogen-bond donors (Lipinski definition) is 0. The first-order valence-corrected chi connectivity index (χ1v) is 6.07. The van der Waals surface area contributed by atoms with Gasteiger partial charge in [-0.25, -0.2) is 0 Å². The topological polar surface area (TPSA) is 44.8 Å². The molecule has 0 aromatic heterocycles. The summed E-state index contributed by atoms with van der Waals surface area (Å²) in [7, 11) is 1.56. The number of methoxy groups -OCH3 is 1. The van der Waals surface area contributed by atoms with Crippen LogP contribution in [0.3, 0.4) is 0 Å². The lowest BCUT2D eigenvalue weighted by Gasteiger charge is -2.11. The van der Waals surface area contributed by atoms with E-state index in [1.165, 1.54) is 6.08 Å². The van der Waals surface area contributed by atoms with Gasteiger partial charge in [-0.15, -0.1) is 0 Å². The summed E-state index contributed by atoms with van der Waals surface area (Å²) >= 11 is 2.17. The summed E-state index contributed by atoms with van der Waals surface area (Å²) in [5.74, 6) is 1.29. The molecule has 0 aliphatic carbocycles. The van der Waals surface area contributed by atoms with E-state index < -0.39 is 0 Å². The van der Waals surface area contributed by atoms with Gasteiger partial charge in [0.2, 0.25) is 0 Å². The molecule has 0 spiro atoms. The van der Waals surface area contributed by atoms with Gasteiger partial charge in [-0.2, -0.15) is 0 Å². The zero-order valence-corrected chi connectivity index (χ0v) is 11.4. The second-order valence-corrected chi connectivity index (χ2v) is 4.62. The molecule has 0 fully saturated rings. The Morgan fingerprint density at radius 3 is 3.00 bits per heavy atom. The molecule has 2 rings (SSSR count). The van der Waals surface area contributed by atoms with E-state index in [9.17, 15) is 4.79 Å². The molecule has 5 heteroatoms. The van der Waals surface area contributed by atoms with E-state index in [-0.39, 0.29) is 19.2 Å². The summed E-state index contributed by atoms with van der Waals surface area (Å²) in [6, 6.07) is 3.69. The van der Waals surface area contributed by atoms with Gasteiger partial charge < -0.3 is 14.2 Å². The molecule has 0 atom stereocenters. The van der Waals surface area contributed by atoms with Crippen LogP contribution in [0.4, 0.5) is 0 Å². The predicted octanol–water partition coefficient (Wildman–Crippen LogP) is 2.25. The number of halogens is 1. The van der Waals surface area contributed by atoms with Crippen LogP contribution in [0.1, 0.15) is 5.56 Å². The van der Waals surface area contributed by atoms with Crippen LogP contribution < -0.4 is 9.47 Å². The van der Waals surface area contributed by atoms with Gasteiger partial charge in [-0.1, -0.05) is 0 Å². The molecule has 0 N–H and O–H groups in total. The highest BCUT2D eigenvalue weighted by molar-refractivity contribution is 14.1. The third kappa shape index (κ3) is 2.98. The average Bonchev–Trinajstić information content (AvgIpc) is 2.49. The van der Waals surface area contributed by atoms with Crippen LogP contribution >= 0.6 is 22.6 Å². The van der Waals surface area contributed by atoms with E-state index in [1.54, 1.807) is 19.3 Å². The minimum Gasteiger partial charge on any atom is -0.485 e. The van der Waals surface area contributed by atoms with Crippen molar-refractivity contribution in [3.05, 3.63) is 27.3 Å². The first kappa shape index (κ1) is 12.4. The molecule has 0 radical (unpaired) electrons. The van der Waals surface area contributed by atoms with Gasteiger partial charge in [0.1, 0.15) is 11.5 Å². The zero-order chi connectivity index (χ0) is 12.3. The number of rotatable bonds is 3. The Bertz CT molecular complexity index is 468. The van der Waals surface area contributed by atoms with E-state index >= 15 is 0 Å². The maximum Gasteiger partial charge on any atom is 0.193 e. The van der Waals surface area contributed by atoms with Crippen molar-refractivity contribution in [2.24, 2.45) is 0 Å². The van der Waals surface area contributed by atoms with Gasteiger partial charge in [-0.3, -0.25) is 4.79 Å². The Kier molecular flexibility index (Phi) is 4.01. The maximum atomic E-state index is 11.2. The standard InChI is InChI=1S/C12H11IO4/c1-15-7-17-12-5-11-8(4-10(12)13)2-3-9(14)6-16-11/h2-5H,6-7H2,1H3. The SMILES string of the molecule is COCOc1cc2c(cc1I)C=CC(=O)CO2. The molecule has 0 bridgehead atoms. The Morgan fingerprint density at radius 2 is 2.24 bits per heavy atom. The highest BCUT2D eigenvalue weighted by Crippen LogP contribution is 2.32. The molecule has 1 aromatic carbocycles. The average molecular weight is 346 g/mol. The molecule has 1 aromatic rings. The first-order chi connectivity index (χ1) is 8.20. The zero-order valence-electron chi connectivity index (χ0n) is 9.23. The van der Waals surface area contributed by atoms with Crippen molar-refractivity contribution in [1.29, 1.82) is 0 Å². The summed E-state index contributed by atoms with van der Waals surface area (Å²) in [6.45, 7) is 0.247. The summed E-state index contributed by atoms with van der Waals surface area (Å²) in [5.41, 5.74) is 0.880. The smallest absolute Gasteiger partial charge is 0.193 e. The molecule has 1 aliphatic rings. The predicted molar refractivity (Wildman–Crippen MR) is 71.2 cm³/mol. The van der Waals surface area contributed by atoms with Crippen molar-refractivity contribution in [2.75, 3.05) is 20.5 Å². The molecule has 17 heavy (non-hydrogen) atoms. The molecule has 90 valence electrons. The van der Waals surface area contributed by atoms with Crippen LogP contribution in [0, 0.1) is 3.57 Å². The lowest BCUT2D eigenvalue weighted by molar-refractivity contribution is -0.116. The van der Waals surface area contributed by atoms with E-state index in [0.717, 1.165) is 9.13 Å². The van der Waals surface area contributed by atoms with Crippen molar-refractivity contribution in [3.63, 3.8) is 0 Å². The fourth-order valence-electron chi connectivity index (χ4n) is 1.42. The third-order valence-corrected chi connectivity index (χ3v) is 3.06. The second-order valence-electron chi connectivity index (χ2n) is 3.46. The Balaban J connectivity index is 2.31. The van der Waals surface area contributed by atoms with E-state index in [2.05, 4.69) is 22.6 Å². The summed E-state index contributed by atoms with van der Waals surface area (Å²) in [6.07, 6.45) is 3.28. The number of ketones is 1. The van der Waals surface area contributed by atoms with Crippen LogP contribution in [0.25, 0.3) is 6.08 Å². The van der Waals surface area contributed by atoms with Crippen LogP contribution in [0.15, 0.2) is 18.2 Å². The maximum absolute atomic E-state index is 11.2. The number of carbonyl (C=O) groups excluding carboxylic acids is 1. The van der Waals surface area contributed by atoms with E-state index in [4.69, 9.17) is 14.2 Å². The highest BCUT2D eigenvalue weighted by atomic mass is 127. The van der Waals surface area contributed by atoms with Gasteiger partial charge >= 0.3 is 0 Å². The normalized spacial score (nSPS) is 13.9. The molecular formula is C12H11IO4. The minimum absolute atomic E-state index is 0.0458. The monoisotopic (exact) mass is 346 g/mol. The molecule has 0 unspecified atom stereocenters. The van der Waals surface area contributed by atoms with Gasteiger partial charge in [-0.05, 0) is 40.8 Å². The highest BCUT2D eigenvalue weighted by Gasteiger charge is 2.13. The van der Waals surface area contributed by atoms with Crippen molar-refractivity contribution in [2.45, 2.75) is 0 Å². The van der Waals surface area contributed by atoms with Crippen molar-refractivity contribution in [1.82, 2.24) is 0 Å². The third-order valence-electron chi connectivity index (χ3n) is 2.22. The number of hydrogen-bond acceptors (Lipinski definition) is 4. The van der Waals surface area contributed by atoms with Crippen LogP contribution in [-0.4, -0.2) is 26.3 Å². The van der Waals surface area contributed by atoms with Gasteiger partial charge in [0.25, 0.3) is 0 Å². The summed E-state index contributed by atoms with van der Waals surface area (Å²) < 4.78 is 16.6. The Hall–Kier alpha value is -1.08. The van der Waals surface area contributed by atoms with Crippen LogP contribution in [-0.2, 0) is 9.53 Å². The van der Waals surface area contributed by atoms with Crippen LogP contribution in [0.2, 0.25) is 0 Å². The fraction of sp³-hybridized carbons (Fsp3) is 0.250. The van der Waals surface area contributed by atoms with E-state index in [1.807, 2.05) is 6.07 Å². The minimum atomic E-state index is -0.0458. The molecule has 0 saturated carbocycles. The molecule has 4 nitrogen and oxygen atoms in total. The Labute approximate surface area is 113 Å². The van der Waals surface area contributed by atoms with E-state index in [0.29, 0.717) is 11.5 Å². The molecule has 1 heterocycles. The molecule has 0 saturated heterocycles. The van der Waals surface area contributed by atoms with Crippen molar-refractivity contribution in [3.8, 4) is 11.5 Å². The second kappa shape index (κ2) is 5.50. The quantitative estimate of drug-likeness (QED) is 0.622.